The Morgan fingerprint density at radius 1 is 1.22 bits per heavy atom. The Kier molecular flexibility index (Phi) is 4.26. The average Bonchev–Trinajstić information content (AvgIpc) is 2.40. The molecule has 1 aromatic carbocycles. The Morgan fingerprint density at radius 2 is 1.83 bits per heavy atom. The van der Waals surface area contributed by atoms with Crippen LogP contribution in [-0.2, 0) is 9.09 Å². The van der Waals surface area contributed by atoms with Gasteiger partial charge in [-0.3, -0.25) is 4.57 Å². The monoisotopic (exact) mass is 268 g/mol. The quantitative estimate of drug-likeness (QED) is 0.852. The van der Waals surface area contributed by atoms with Crippen LogP contribution in [0, 0.1) is 0 Å². The van der Waals surface area contributed by atoms with Crippen LogP contribution in [0.1, 0.15) is 39.0 Å². The maximum Gasteiger partial charge on any atom is 0.262 e. The summed E-state index contributed by atoms with van der Waals surface area (Å²) in [5.74, 6) is 0. The molecule has 0 aromatic heterocycles. The molecule has 1 fully saturated rings. The lowest BCUT2D eigenvalue weighted by Crippen LogP contribution is -2.36. The lowest BCUT2D eigenvalue weighted by molar-refractivity contribution is 0.0663. The van der Waals surface area contributed by atoms with Crippen molar-refractivity contribution in [2.75, 3.05) is 6.61 Å². The molecular weight excluding hydrogens is 247 g/mol. The van der Waals surface area contributed by atoms with Crippen molar-refractivity contribution in [2.24, 2.45) is 0 Å². The van der Waals surface area contributed by atoms with Crippen LogP contribution in [0.15, 0.2) is 30.3 Å². The van der Waals surface area contributed by atoms with Crippen molar-refractivity contribution in [2.45, 2.75) is 44.4 Å². The molecule has 1 aromatic rings. The maximum absolute atomic E-state index is 13.2. The Hall–Kier alpha value is -0.630. The lowest BCUT2D eigenvalue weighted by Gasteiger charge is -2.38. The fourth-order valence-corrected chi connectivity index (χ4v) is 5.36. The van der Waals surface area contributed by atoms with Crippen LogP contribution in [0.5, 0.6) is 0 Å². The van der Waals surface area contributed by atoms with E-state index in [9.17, 15) is 9.67 Å². The Morgan fingerprint density at radius 3 is 2.39 bits per heavy atom. The first-order chi connectivity index (χ1) is 8.62. The fraction of sp³-hybridized carbons (Fsp3) is 0.571. The van der Waals surface area contributed by atoms with E-state index in [1.54, 1.807) is 12.1 Å². The average molecular weight is 268 g/mol. The van der Waals surface area contributed by atoms with Gasteiger partial charge < -0.3 is 9.63 Å². The van der Waals surface area contributed by atoms with Crippen LogP contribution in [0.2, 0.25) is 0 Å². The second-order valence-electron chi connectivity index (χ2n) is 4.85. The standard InChI is InChI=1S/C14H21O3P/c1-2-17-18(16,13-9-5-3-6-10-13)14(15)11-7-4-8-12-14/h3,5-6,9-10,15H,2,4,7-8,11-12H2,1H3/t18-/m0/s1. The fourth-order valence-electron chi connectivity index (χ4n) is 2.65. The van der Waals surface area contributed by atoms with Gasteiger partial charge in [0, 0.05) is 5.30 Å². The molecule has 100 valence electrons. The molecule has 0 saturated heterocycles. The number of benzene rings is 1. The minimum atomic E-state index is -3.20. The Labute approximate surface area is 109 Å². The summed E-state index contributed by atoms with van der Waals surface area (Å²) in [6, 6.07) is 9.15. The van der Waals surface area contributed by atoms with Crippen molar-refractivity contribution in [3.05, 3.63) is 30.3 Å². The summed E-state index contributed by atoms with van der Waals surface area (Å²) in [6.45, 7) is 2.18. The van der Waals surface area contributed by atoms with Crippen LogP contribution in [0.3, 0.4) is 0 Å². The first-order valence-electron chi connectivity index (χ1n) is 6.65. The molecule has 2 rings (SSSR count). The predicted octanol–water partition coefficient (Wildman–Crippen LogP) is 3.28. The van der Waals surface area contributed by atoms with Gasteiger partial charge in [-0.2, -0.15) is 0 Å². The topological polar surface area (TPSA) is 46.5 Å². The van der Waals surface area contributed by atoms with E-state index < -0.39 is 12.7 Å². The second-order valence-corrected chi connectivity index (χ2v) is 7.56. The number of rotatable bonds is 4. The SMILES string of the molecule is CCO[P@@](=O)(c1ccccc1)C1(O)CCCCC1. The minimum Gasteiger partial charge on any atom is -0.379 e. The molecule has 0 aliphatic heterocycles. The van der Waals surface area contributed by atoms with Crippen LogP contribution < -0.4 is 5.30 Å². The molecule has 0 unspecified atom stereocenters. The van der Waals surface area contributed by atoms with Gasteiger partial charge in [-0.05, 0) is 44.7 Å². The molecule has 1 saturated carbocycles. The molecule has 0 bridgehead atoms. The molecular formula is C14H21O3P. The Bertz CT molecular complexity index is 424. The highest BCUT2D eigenvalue weighted by Gasteiger charge is 2.49. The Balaban J connectivity index is 2.40. The van der Waals surface area contributed by atoms with Gasteiger partial charge in [0.25, 0.3) is 7.37 Å². The zero-order valence-corrected chi connectivity index (χ0v) is 11.7. The highest BCUT2D eigenvalue weighted by molar-refractivity contribution is 7.68. The smallest absolute Gasteiger partial charge is 0.262 e. The van der Waals surface area contributed by atoms with Crippen molar-refractivity contribution >= 4 is 12.7 Å². The van der Waals surface area contributed by atoms with E-state index >= 15 is 0 Å². The number of hydrogen-bond acceptors (Lipinski definition) is 3. The van der Waals surface area contributed by atoms with Crippen molar-refractivity contribution < 1.29 is 14.2 Å². The second kappa shape index (κ2) is 5.56. The van der Waals surface area contributed by atoms with Gasteiger partial charge >= 0.3 is 0 Å². The highest BCUT2D eigenvalue weighted by atomic mass is 31.2. The summed E-state index contributed by atoms with van der Waals surface area (Å²) in [4.78, 5) is 0. The normalized spacial score (nSPS) is 22.3. The number of hydrogen-bond donors (Lipinski definition) is 1. The molecule has 3 nitrogen and oxygen atoms in total. The molecule has 18 heavy (non-hydrogen) atoms. The van der Waals surface area contributed by atoms with E-state index in [1.807, 2.05) is 25.1 Å². The summed E-state index contributed by atoms with van der Waals surface area (Å²) >= 11 is 0. The van der Waals surface area contributed by atoms with Crippen molar-refractivity contribution in [3.8, 4) is 0 Å². The number of aliphatic hydroxyl groups is 1. The summed E-state index contributed by atoms with van der Waals surface area (Å²) in [6.07, 6.45) is 4.07. The van der Waals surface area contributed by atoms with E-state index in [4.69, 9.17) is 4.52 Å². The summed E-state index contributed by atoms with van der Waals surface area (Å²) in [5.41, 5.74) is 0. The molecule has 1 N–H and O–H groups in total. The third-order valence-corrected chi connectivity index (χ3v) is 6.75. The molecule has 0 amide bonds. The first kappa shape index (κ1) is 13.8. The van der Waals surface area contributed by atoms with Gasteiger partial charge in [0.05, 0.1) is 6.61 Å². The van der Waals surface area contributed by atoms with Gasteiger partial charge in [0.2, 0.25) is 0 Å². The van der Waals surface area contributed by atoms with Crippen LogP contribution in [0.4, 0.5) is 0 Å². The molecule has 0 heterocycles. The van der Waals surface area contributed by atoms with Gasteiger partial charge in [0.15, 0.2) is 0 Å². The summed E-state index contributed by atoms with van der Waals surface area (Å²) < 4.78 is 18.8. The van der Waals surface area contributed by atoms with Gasteiger partial charge in [-0.25, -0.2) is 0 Å². The van der Waals surface area contributed by atoms with Crippen LogP contribution in [-0.4, -0.2) is 17.1 Å². The third kappa shape index (κ3) is 2.40. The third-order valence-electron chi connectivity index (χ3n) is 3.61. The van der Waals surface area contributed by atoms with Gasteiger partial charge in [-0.1, -0.05) is 24.6 Å². The van der Waals surface area contributed by atoms with Gasteiger partial charge in [0.1, 0.15) is 5.34 Å². The minimum absolute atomic E-state index is 0.356. The largest absolute Gasteiger partial charge is 0.379 e. The summed E-state index contributed by atoms with van der Waals surface area (Å²) in [5, 5.41) is 10.2. The molecule has 1 aliphatic rings. The lowest BCUT2D eigenvalue weighted by atomic mass is 9.97. The zero-order valence-electron chi connectivity index (χ0n) is 10.8. The molecule has 1 aliphatic carbocycles. The molecule has 4 heteroatoms. The molecule has 1 atom stereocenters. The van der Waals surface area contributed by atoms with Crippen molar-refractivity contribution in [1.82, 2.24) is 0 Å². The van der Waals surface area contributed by atoms with Crippen LogP contribution in [0.25, 0.3) is 0 Å². The molecule has 0 spiro atoms. The zero-order chi connectivity index (χ0) is 13.1. The van der Waals surface area contributed by atoms with Crippen LogP contribution >= 0.6 is 7.37 Å². The van der Waals surface area contributed by atoms with E-state index in [0.29, 0.717) is 24.8 Å². The van der Waals surface area contributed by atoms with Crippen molar-refractivity contribution in [1.29, 1.82) is 0 Å². The highest BCUT2D eigenvalue weighted by Crippen LogP contribution is 2.61. The molecule has 0 radical (unpaired) electrons. The van der Waals surface area contributed by atoms with E-state index in [1.165, 1.54) is 0 Å². The predicted molar refractivity (Wildman–Crippen MR) is 73.3 cm³/mol. The van der Waals surface area contributed by atoms with E-state index in [-0.39, 0.29) is 0 Å². The van der Waals surface area contributed by atoms with E-state index in [0.717, 1.165) is 19.3 Å². The van der Waals surface area contributed by atoms with Gasteiger partial charge in [-0.15, -0.1) is 0 Å². The van der Waals surface area contributed by atoms with Crippen molar-refractivity contribution in [3.63, 3.8) is 0 Å². The van der Waals surface area contributed by atoms with E-state index in [2.05, 4.69) is 0 Å². The maximum atomic E-state index is 13.2. The first-order valence-corrected chi connectivity index (χ1v) is 8.27. The summed E-state index contributed by atoms with van der Waals surface area (Å²) in [7, 11) is -3.20.